The second-order valence-corrected chi connectivity index (χ2v) is 7.20. The van der Waals surface area contributed by atoms with Gasteiger partial charge in [0.2, 0.25) is 11.8 Å². The highest BCUT2D eigenvalue weighted by molar-refractivity contribution is 5.99. The van der Waals surface area contributed by atoms with E-state index in [1.54, 1.807) is 28.0 Å². The summed E-state index contributed by atoms with van der Waals surface area (Å²) in [5.74, 6) is 0.0962. The number of hydrogen-bond donors (Lipinski definition) is 1. The molecule has 2 heterocycles. The monoisotopic (exact) mass is 377 g/mol. The van der Waals surface area contributed by atoms with Gasteiger partial charge in [-0.3, -0.25) is 14.4 Å². The molecule has 0 aliphatic carbocycles. The average Bonchev–Trinajstić information content (AvgIpc) is 3.34. The normalized spacial score (nSPS) is 16.7. The van der Waals surface area contributed by atoms with E-state index in [-0.39, 0.29) is 17.7 Å². The molecule has 0 spiro atoms. The summed E-state index contributed by atoms with van der Waals surface area (Å²) in [7, 11) is 0. The van der Waals surface area contributed by atoms with Crippen molar-refractivity contribution in [2.75, 3.05) is 22.9 Å². The molecule has 0 atom stereocenters. The van der Waals surface area contributed by atoms with Gasteiger partial charge in [0.15, 0.2) is 0 Å². The zero-order chi connectivity index (χ0) is 19.5. The summed E-state index contributed by atoms with van der Waals surface area (Å²) in [6.07, 6.45) is 2.93. The van der Waals surface area contributed by atoms with Crippen molar-refractivity contribution in [3.8, 4) is 0 Å². The van der Waals surface area contributed by atoms with E-state index >= 15 is 0 Å². The summed E-state index contributed by atoms with van der Waals surface area (Å²) in [4.78, 5) is 39.8. The summed E-state index contributed by atoms with van der Waals surface area (Å²) < 4.78 is 0. The Bertz CT molecular complexity index is 907. The lowest BCUT2D eigenvalue weighted by Crippen LogP contribution is -2.26. The van der Waals surface area contributed by atoms with Crippen LogP contribution in [-0.4, -0.2) is 30.8 Å². The lowest BCUT2D eigenvalue weighted by atomic mass is 10.1. The van der Waals surface area contributed by atoms with E-state index in [2.05, 4.69) is 5.32 Å². The fraction of sp³-hybridized carbons (Fsp3) is 0.318. The highest BCUT2D eigenvalue weighted by Gasteiger charge is 2.23. The molecule has 0 bridgehead atoms. The van der Waals surface area contributed by atoms with Crippen molar-refractivity contribution in [3.05, 3.63) is 59.7 Å². The van der Waals surface area contributed by atoms with Crippen LogP contribution in [-0.2, 0) is 16.1 Å². The molecule has 2 aliphatic heterocycles. The first kappa shape index (κ1) is 18.2. The van der Waals surface area contributed by atoms with Gasteiger partial charge in [-0.05, 0) is 48.7 Å². The van der Waals surface area contributed by atoms with Crippen molar-refractivity contribution < 1.29 is 14.4 Å². The quantitative estimate of drug-likeness (QED) is 0.871. The number of amides is 3. The molecule has 0 unspecified atom stereocenters. The minimum absolute atomic E-state index is 0.106. The third kappa shape index (κ3) is 3.76. The predicted molar refractivity (Wildman–Crippen MR) is 107 cm³/mol. The molecule has 6 nitrogen and oxygen atoms in total. The predicted octanol–water partition coefficient (Wildman–Crippen LogP) is 2.87. The summed E-state index contributed by atoms with van der Waals surface area (Å²) in [5.41, 5.74) is 3.18. The van der Waals surface area contributed by atoms with E-state index in [4.69, 9.17) is 0 Å². The molecule has 0 radical (unpaired) electrons. The molecule has 3 amide bonds. The minimum atomic E-state index is -0.174. The molecule has 2 fully saturated rings. The van der Waals surface area contributed by atoms with Gasteiger partial charge in [0, 0.05) is 49.4 Å². The van der Waals surface area contributed by atoms with Crippen molar-refractivity contribution in [2.24, 2.45) is 0 Å². The average molecular weight is 377 g/mol. The van der Waals surface area contributed by atoms with Gasteiger partial charge in [-0.1, -0.05) is 18.2 Å². The smallest absolute Gasteiger partial charge is 0.251 e. The Morgan fingerprint density at radius 1 is 0.857 bits per heavy atom. The first-order valence-corrected chi connectivity index (χ1v) is 9.70. The Kier molecular flexibility index (Phi) is 5.10. The number of nitrogens with one attached hydrogen (secondary N) is 1. The standard InChI is InChI=1S/C22H23N3O3/c26-20-6-2-12-24(20)18-10-8-16(9-11-18)15-23-22(28)17-4-1-5-19(14-17)25-13-3-7-21(25)27/h1,4-5,8-11,14H,2-3,6-7,12-13,15H2,(H,23,28). The SMILES string of the molecule is O=C(NCc1ccc(N2CCCC2=O)cc1)c1cccc(N2CCCC2=O)c1. The number of rotatable bonds is 5. The molecule has 1 N–H and O–H groups in total. The Morgan fingerprint density at radius 2 is 1.50 bits per heavy atom. The highest BCUT2D eigenvalue weighted by atomic mass is 16.2. The van der Waals surface area contributed by atoms with Gasteiger partial charge in [0.05, 0.1) is 0 Å². The van der Waals surface area contributed by atoms with Gasteiger partial charge < -0.3 is 15.1 Å². The molecule has 2 aromatic rings. The van der Waals surface area contributed by atoms with Gasteiger partial charge in [-0.2, -0.15) is 0 Å². The van der Waals surface area contributed by atoms with Crippen LogP contribution in [0.4, 0.5) is 11.4 Å². The molecule has 2 aliphatic rings. The lowest BCUT2D eigenvalue weighted by Gasteiger charge is -2.17. The Labute approximate surface area is 164 Å². The van der Waals surface area contributed by atoms with Gasteiger partial charge in [0.1, 0.15) is 0 Å². The maximum atomic E-state index is 12.5. The lowest BCUT2D eigenvalue weighted by molar-refractivity contribution is -0.117. The number of benzene rings is 2. The molecule has 28 heavy (non-hydrogen) atoms. The Balaban J connectivity index is 1.38. The first-order valence-electron chi connectivity index (χ1n) is 9.70. The highest BCUT2D eigenvalue weighted by Crippen LogP contribution is 2.23. The summed E-state index contributed by atoms with van der Waals surface area (Å²) >= 11 is 0. The topological polar surface area (TPSA) is 69.7 Å². The molecule has 0 aromatic heterocycles. The fourth-order valence-corrected chi connectivity index (χ4v) is 3.74. The molecule has 2 saturated heterocycles. The molecule has 6 heteroatoms. The summed E-state index contributed by atoms with van der Waals surface area (Å²) in [5, 5.41) is 2.92. The first-order chi connectivity index (χ1) is 13.6. The van der Waals surface area contributed by atoms with E-state index in [0.717, 1.165) is 36.3 Å². The van der Waals surface area contributed by atoms with Gasteiger partial charge >= 0.3 is 0 Å². The van der Waals surface area contributed by atoms with Crippen LogP contribution in [0, 0.1) is 0 Å². The molecule has 144 valence electrons. The second-order valence-electron chi connectivity index (χ2n) is 7.20. The molecule has 4 rings (SSSR count). The van der Waals surface area contributed by atoms with Crippen LogP contribution in [0.15, 0.2) is 48.5 Å². The fourth-order valence-electron chi connectivity index (χ4n) is 3.74. The Morgan fingerprint density at radius 3 is 2.11 bits per heavy atom. The second kappa shape index (κ2) is 7.84. The minimum Gasteiger partial charge on any atom is -0.348 e. The van der Waals surface area contributed by atoms with Crippen molar-refractivity contribution in [1.82, 2.24) is 5.32 Å². The number of nitrogens with zero attached hydrogens (tertiary/aromatic N) is 2. The number of carbonyl (C=O) groups is 3. The van der Waals surface area contributed by atoms with E-state index < -0.39 is 0 Å². The third-order valence-corrected chi connectivity index (χ3v) is 5.27. The van der Waals surface area contributed by atoms with Crippen LogP contribution in [0.3, 0.4) is 0 Å². The molecular weight excluding hydrogens is 354 g/mol. The Hall–Kier alpha value is -3.15. The van der Waals surface area contributed by atoms with Crippen LogP contribution in [0.25, 0.3) is 0 Å². The van der Waals surface area contributed by atoms with E-state index in [1.807, 2.05) is 30.3 Å². The third-order valence-electron chi connectivity index (χ3n) is 5.27. The molecular formula is C22H23N3O3. The van der Waals surface area contributed by atoms with Crippen molar-refractivity contribution in [3.63, 3.8) is 0 Å². The van der Waals surface area contributed by atoms with Crippen molar-refractivity contribution in [1.29, 1.82) is 0 Å². The maximum Gasteiger partial charge on any atom is 0.251 e. The van der Waals surface area contributed by atoms with Crippen LogP contribution in [0.1, 0.15) is 41.6 Å². The summed E-state index contributed by atoms with van der Waals surface area (Å²) in [6.45, 7) is 1.88. The van der Waals surface area contributed by atoms with E-state index in [9.17, 15) is 14.4 Å². The van der Waals surface area contributed by atoms with Crippen LogP contribution < -0.4 is 15.1 Å². The van der Waals surface area contributed by atoms with Gasteiger partial charge in [-0.25, -0.2) is 0 Å². The number of anilines is 2. The summed E-state index contributed by atoms with van der Waals surface area (Å²) in [6, 6.07) is 14.9. The molecule has 0 saturated carbocycles. The van der Waals surface area contributed by atoms with Gasteiger partial charge in [0.25, 0.3) is 5.91 Å². The zero-order valence-electron chi connectivity index (χ0n) is 15.7. The molecule has 2 aromatic carbocycles. The van der Waals surface area contributed by atoms with Crippen LogP contribution in [0.5, 0.6) is 0 Å². The zero-order valence-corrected chi connectivity index (χ0v) is 15.7. The largest absolute Gasteiger partial charge is 0.348 e. The van der Waals surface area contributed by atoms with Crippen molar-refractivity contribution in [2.45, 2.75) is 32.2 Å². The van der Waals surface area contributed by atoms with Crippen LogP contribution in [0.2, 0.25) is 0 Å². The van der Waals surface area contributed by atoms with Crippen molar-refractivity contribution >= 4 is 29.1 Å². The van der Waals surface area contributed by atoms with E-state index in [0.29, 0.717) is 31.5 Å². The maximum absolute atomic E-state index is 12.5. The van der Waals surface area contributed by atoms with Gasteiger partial charge in [-0.15, -0.1) is 0 Å². The van der Waals surface area contributed by atoms with E-state index in [1.165, 1.54) is 0 Å². The van der Waals surface area contributed by atoms with Crippen LogP contribution >= 0.6 is 0 Å². The number of hydrogen-bond acceptors (Lipinski definition) is 3. The number of carbonyl (C=O) groups excluding carboxylic acids is 3.